The van der Waals surface area contributed by atoms with Crippen LogP contribution in [0.5, 0.6) is 0 Å². The van der Waals surface area contributed by atoms with E-state index in [0.717, 1.165) is 50.7 Å². The molecule has 1 unspecified atom stereocenters. The molecule has 0 spiro atoms. The summed E-state index contributed by atoms with van der Waals surface area (Å²) in [5.41, 5.74) is 0. The molecular formula is C12H22O2. The van der Waals surface area contributed by atoms with Crippen LogP contribution in [0.3, 0.4) is 0 Å². The van der Waals surface area contributed by atoms with Gasteiger partial charge < -0.3 is 9.84 Å². The van der Waals surface area contributed by atoms with Crippen LogP contribution in [-0.2, 0) is 4.74 Å². The van der Waals surface area contributed by atoms with Crippen molar-refractivity contribution in [2.75, 3.05) is 13.2 Å². The van der Waals surface area contributed by atoms with E-state index in [1.165, 1.54) is 19.3 Å². The summed E-state index contributed by atoms with van der Waals surface area (Å²) in [6, 6.07) is 0. The molecule has 1 saturated heterocycles. The number of hydrogen-bond donors (Lipinski definition) is 1. The molecule has 1 aliphatic carbocycles. The highest BCUT2D eigenvalue weighted by Gasteiger charge is 2.23. The molecule has 0 aromatic heterocycles. The molecule has 1 atom stereocenters. The van der Waals surface area contributed by atoms with Crippen molar-refractivity contribution in [2.45, 2.75) is 51.0 Å². The third-order valence-corrected chi connectivity index (χ3v) is 3.78. The number of ether oxygens (including phenoxy) is 1. The van der Waals surface area contributed by atoms with Gasteiger partial charge in [0.2, 0.25) is 0 Å². The molecule has 1 N–H and O–H groups in total. The van der Waals surface area contributed by atoms with Gasteiger partial charge in [0.1, 0.15) is 0 Å². The topological polar surface area (TPSA) is 29.5 Å². The molecule has 14 heavy (non-hydrogen) atoms. The van der Waals surface area contributed by atoms with Crippen LogP contribution < -0.4 is 0 Å². The molecule has 1 heterocycles. The number of aliphatic hydroxyl groups excluding tert-OH is 1. The van der Waals surface area contributed by atoms with Gasteiger partial charge in [-0.3, -0.25) is 0 Å². The highest BCUT2D eigenvalue weighted by atomic mass is 16.5. The van der Waals surface area contributed by atoms with E-state index in [2.05, 4.69) is 0 Å². The Kier molecular flexibility index (Phi) is 3.82. The Hall–Kier alpha value is -0.0800. The van der Waals surface area contributed by atoms with Crippen LogP contribution in [0.2, 0.25) is 0 Å². The van der Waals surface area contributed by atoms with Gasteiger partial charge in [-0.05, 0) is 37.5 Å². The third-order valence-electron chi connectivity index (χ3n) is 3.78. The summed E-state index contributed by atoms with van der Waals surface area (Å²) in [7, 11) is 0. The zero-order chi connectivity index (χ0) is 9.80. The van der Waals surface area contributed by atoms with Crippen molar-refractivity contribution < 1.29 is 9.84 Å². The molecule has 0 bridgehead atoms. The van der Waals surface area contributed by atoms with E-state index in [0.29, 0.717) is 0 Å². The molecule has 1 aliphatic heterocycles. The van der Waals surface area contributed by atoms with Crippen molar-refractivity contribution in [1.82, 2.24) is 0 Å². The lowest BCUT2D eigenvalue weighted by Gasteiger charge is -2.30. The van der Waals surface area contributed by atoms with E-state index in [1.807, 2.05) is 0 Å². The lowest BCUT2D eigenvalue weighted by Crippen LogP contribution is -2.24. The lowest BCUT2D eigenvalue weighted by atomic mass is 9.79. The Morgan fingerprint density at radius 3 is 2.07 bits per heavy atom. The molecule has 2 rings (SSSR count). The molecule has 0 aromatic carbocycles. The van der Waals surface area contributed by atoms with Crippen LogP contribution in [0.4, 0.5) is 0 Å². The van der Waals surface area contributed by atoms with Crippen LogP contribution in [0.25, 0.3) is 0 Å². The maximum Gasteiger partial charge on any atom is 0.0545 e. The summed E-state index contributed by atoms with van der Waals surface area (Å²) in [6.45, 7) is 1.81. The van der Waals surface area contributed by atoms with Crippen LogP contribution in [0.15, 0.2) is 0 Å². The largest absolute Gasteiger partial charge is 0.393 e. The second kappa shape index (κ2) is 5.13. The van der Waals surface area contributed by atoms with E-state index in [1.54, 1.807) is 0 Å². The summed E-state index contributed by atoms with van der Waals surface area (Å²) in [6.07, 6.45) is 8.42. The van der Waals surface area contributed by atoms with Gasteiger partial charge in [0.25, 0.3) is 0 Å². The van der Waals surface area contributed by atoms with E-state index in [4.69, 9.17) is 4.74 Å². The summed E-state index contributed by atoms with van der Waals surface area (Å²) in [5, 5.41) is 9.90. The highest BCUT2D eigenvalue weighted by molar-refractivity contribution is 4.75. The number of aliphatic hydroxyl groups is 1. The van der Waals surface area contributed by atoms with E-state index in [9.17, 15) is 5.11 Å². The normalized spacial score (nSPS) is 27.2. The summed E-state index contributed by atoms with van der Waals surface area (Å²) in [4.78, 5) is 0. The van der Waals surface area contributed by atoms with Gasteiger partial charge in [0.05, 0.1) is 6.10 Å². The molecule has 2 heteroatoms. The molecule has 2 aliphatic rings. The van der Waals surface area contributed by atoms with Gasteiger partial charge >= 0.3 is 0 Å². The Morgan fingerprint density at radius 2 is 1.57 bits per heavy atom. The third kappa shape index (κ3) is 2.96. The first-order valence-electron chi connectivity index (χ1n) is 6.10. The predicted molar refractivity (Wildman–Crippen MR) is 56.1 cm³/mol. The monoisotopic (exact) mass is 198 g/mol. The zero-order valence-corrected chi connectivity index (χ0v) is 8.95. The molecule has 82 valence electrons. The van der Waals surface area contributed by atoms with Gasteiger partial charge in [-0.25, -0.2) is 0 Å². The first-order valence-corrected chi connectivity index (χ1v) is 6.10. The minimum atomic E-state index is -0.0385. The van der Waals surface area contributed by atoms with Crippen molar-refractivity contribution in [3.63, 3.8) is 0 Å². The van der Waals surface area contributed by atoms with Gasteiger partial charge in [-0.1, -0.05) is 19.3 Å². The fraction of sp³-hybridized carbons (Fsp3) is 1.00. The van der Waals surface area contributed by atoms with Crippen molar-refractivity contribution >= 4 is 0 Å². The fourth-order valence-corrected chi connectivity index (χ4v) is 2.58. The average molecular weight is 198 g/mol. The molecule has 0 radical (unpaired) electrons. The Morgan fingerprint density at radius 1 is 1.00 bits per heavy atom. The van der Waals surface area contributed by atoms with Crippen molar-refractivity contribution in [1.29, 1.82) is 0 Å². The zero-order valence-electron chi connectivity index (χ0n) is 8.95. The van der Waals surface area contributed by atoms with Gasteiger partial charge in [0.15, 0.2) is 0 Å². The maximum absolute atomic E-state index is 9.90. The standard InChI is InChI=1S/C12H22O2/c13-12(8-10-2-1-3-10)9-11-4-6-14-7-5-11/h10-13H,1-9H2. The maximum atomic E-state index is 9.90. The SMILES string of the molecule is OC(CC1CCC1)CC1CCOCC1. The Bertz CT molecular complexity index is 160. The van der Waals surface area contributed by atoms with E-state index >= 15 is 0 Å². The summed E-state index contributed by atoms with van der Waals surface area (Å²) < 4.78 is 5.31. The Labute approximate surface area is 86.6 Å². The second-order valence-corrected chi connectivity index (χ2v) is 4.98. The van der Waals surface area contributed by atoms with Crippen molar-refractivity contribution in [3.05, 3.63) is 0 Å². The smallest absolute Gasteiger partial charge is 0.0545 e. The van der Waals surface area contributed by atoms with Crippen LogP contribution in [0, 0.1) is 11.8 Å². The minimum absolute atomic E-state index is 0.0385. The number of rotatable bonds is 4. The molecular weight excluding hydrogens is 176 g/mol. The Balaban J connectivity index is 1.62. The quantitative estimate of drug-likeness (QED) is 0.751. The summed E-state index contributed by atoms with van der Waals surface area (Å²) in [5.74, 6) is 1.56. The molecule has 0 aromatic rings. The van der Waals surface area contributed by atoms with E-state index in [-0.39, 0.29) is 6.10 Å². The predicted octanol–water partition coefficient (Wildman–Crippen LogP) is 2.35. The first kappa shape index (κ1) is 10.4. The van der Waals surface area contributed by atoms with E-state index < -0.39 is 0 Å². The first-order chi connectivity index (χ1) is 6.84. The molecule has 2 fully saturated rings. The highest BCUT2D eigenvalue weighted by Crippen LogP contribution is 2.32. The molecule has 0 amide bonds. The van der Waals surface area contributed by atoms with Crippen molar-refractivity contribution in [2.24, 2.45) is 11.8 Å². The van der Waals surface area contributed by atoms with Gasteiger partial charge in [-0.15, -0.1) is 0 Å². The fourth-order valence-electron chi connectivity index (χ4n) is 2.58. The van der Waals surface area contributed by atoms with Gasteiger partial charge in [0, 0.05) is 13.2 Å². The molecule has 1 saturated carbocycles. The van der Waals surface area contributed by atoms with Crippen molar-refractivity contribution in [3.8, 4) is 0 Å². The minimum Gasteiger partial charge on any atom is -0.393 e. The van der Waals surface area contributed by atoms with Crippen LogP contribution >= 0.6 is 0 Å². The molecule has 2 nitrogen and oxygen atoms in total. The second-order valence-electron chi connectivity index (χ2n) is 4.98. The number of hydrogen-bond acceptors (Lipinski definition) is 2. The lowest BCUT2D eigenvalue weighted by molar-refractivity contribution is 0.0342. The summed E-state index contributed by atoms with van der Waals surface area (Å²) >= 11 is 0. The van der Waals surface area contributed by atoms with Crippen LogP contribution in [0.1, 0.15) is 44.9 Å². The average Bonchev–Trinajstić information content (AvgIpc) is 2.13. The van der Waals surface area contributed by atoms with Gasteiger partial charge in [-0.2, -0.15) is 0 Å². The van der Waals surface area contributed by atoms with Crippen LogP contribution in [-0.4, -0.2) is 24.4 Å².